The average Bonchev–Trinajstić information content (AvgIpc) is 0.825. The second-order valence-electron chi connectivity index (χ2n) is 30.1. The Morgan fingerprint density at radius 3 is 1.33 bits per heavy atom. The summed E-state index contributed by atoms with van der Waals surface area (Å²) in [6, 6.07) is 102. The van der Waals surface area contributed by atoms with Gasteiger partial charge in [-0.05, 0) is 200 Å². The molecule has 2 aliphatic rings. The summed E-state index contributed by atoms with van der Waals surface area (Å²) in [5, 5.41) is 25.0. The molecule has 15 aromatic carbocycles. The number of aromatic nitrogens is 2. The zero-order valence-electron chi connectivity index (χ0n) is 68.4. The van der Waals surface area contributed by atoms with Crippen molar-refractivity contribution in [1.82, 2.24) is 9.13 Å². The molecule has 0 unspecified atom stereocenters. The highest BCUT2D eigenvalue weighted by atomic mass is 15.2. The highest BCUT2D eigenvalue weighted by molar-refractivity contribution is 7.00. The van der Waals surface area contributed by atoms with E-state index in [0.29, 0.717) is 33.6 Å². The minimum atomic E-state index is -0.625. The van der Waals surface area contributed by atoms with Gasteiger partial charge in [-0.1, -0.05) is 242 Å². The molecule has 0 aliphatic carbocycles. The maximum Gasteiger partial charge on any atom is 0.252 e. The Kier molecular flexibility index (Phi) is 13.5. The third kappa shape index (κ3) is 10.7. The standard InChI is InChI=1S/C100H74BN7/c1-99(2,3)71-46-53-92(83(59-71)66-27-11-7-12-28-66)107-94-56-68(82-55-65(63-102)43-52-91(82)104(73-31-15-9-16-32-73)74-33-17-10-18-34-74)45-50-85(94)101-86-51-49-76(106-89-41-25-21-37-79(89)80-38-22-26-42-90(80)106)62-95(86)108(93-54-47-72(100(4,5)6)60-84(93)67-29-13-8-14-30-67)97-58-70(57-96(107)98(97)101)81-61-75(48-44-69(81)64-103)105-87-39-23-19-35-77(87)78-36-20-24-40-88(78)105/h7-62H,1-6H3/i21D,22D,25D,26D,37D,38D,41D,42D. The van der Waals surface area contributed by atoms with Gasteiger partial charge < -0.3 is 23.8 Å². The van der Waals surface area contributed by atoms with Gasteiger partial charge in [-0.2, -0.15) is 10.5 Å². The number of rotatable bonds is 11. The van der Waals surface area contributed by atoms with Gasteiger partial charge in [0.2, 0.25) is 0 Å². The zero-order chi connectivity index (χ0) is 80.1. The minimum absolute atomic E-state index is 0.00670. The molecular weight excluding hydrogens is 1310 g/mol. The SMILES string of the molecule is [2H]c1c([2H])c([2H])c2c(c1[2H])c1c([2H])c([2H])c([2H])c([2H])c1n2-c1ccc2c(c1)N(c1ccc(C(C)(C)C)cc1-c1ccccc1)c1cc(-c3cc(-n4c5ccccc5c5ccccc54)ccc3C#N)cc3c1B2c1ccc(-c2cc(C#N)ccc2N(c2ccccc2)c2ccccc2)cc1N3c1ccc(C(C)(C)C)cc1-c1ccccc1. The second kappa shape index (κ2) is 25.6. The molecule has 0 amide bonds. The van der Waals surface area contributed by atoms with Crippen LogP contribution in [0.5, 0.6) is 0 Å². The Labute approximate surface area is 641 Å². The van der Waals surface area contributed by atoms with Crippen LogP contribution in [0.4, 0.5) is 51.2 Å². The second-order valence-corrected chi connectivity index (χ2v) is 30.1. The molecule has 0 bridgehead atoms. The van der Waals surface area contributed by atoms with Crippen molar-refractivity contribution in [3.63, 3.8) is 0 Å². The first-order chi connectivity index (χ1) is 56.1. The smallest absolute Gasteiger partial charge is 0.252 e. The molecule has 4 heterocycles. The predicted octanol–water partition coefficient (Wildman–Crippen LogP) is 24.4. The van der Waals surface area contributed by atoms with Crippen LogP contribution in [-0.4, -0.2) is 15.8 Å². The minimum Gasteiger partial charge on any atom is -0.311 e. The Hall–Kier alpha value is -13.7. The molecule has 0 N–H and O–H groups in total. The lowest BCUT2D eigenvalue weighted by molar-refractivity contribution is 0.590. The van der Waals surface area contributed by atoms with E-state index in [4.69, 9.17) is 2.74 Å². The summed E-state index contributed by atoms with van der Waals surface area (Å²) in [5.74, 6) is 0. The Balaban J connectivity index is 0.995. The molecule has 17 aromatic rings. The van der Waals surface area contributed by atoms with Crippen molar-refractivity contribution >= 4 is 118 Å². The molecule has 7 nitrogen and oxygen atoms in total. The lowest BCUT2D eigenvalue weighted by Crippen LogP contribution is -2.61. The van der Waals surface area contributed by atoms with E-state index in [1.807, 2.05) is 103 Å². The number of anilines is 9. The molecule has 0 radical (unpaired) electrons. The Morgan fingerprint density at radius 1 is 0.343 bits per heavy atom. The number of nitriles is 2. The zero-order valence-corrected chi connectivity index (χ0v) is 60.4. The Morgan fingerprint density at radius 2 is 0.806 bits per heavy atom. The van der Waals surface area contributed by atoms with E-state index in [-0.39, 0.29) is 32.6 Å². The van der Waals surface area contributed by atoms with Crippen LogP contribution in [0.1, 0.15) is 74.8 Å². The lowest BCUT2D eigenvalue weighted by Gasteiger charge is -2.45. The van der Waals surface area contributed by atoms with Crippen molar-refractivity contribution in [2.75, 3.05) is 14.7 Å². The molecule has 0 atom stereocenters. The third-order valence-corrected chi connectivity index (χ3v) is 21.7. The molecule has 2 aromatic heterocycles. The quantitative estimate of drug-likeness (QED) is 0.121. The van der Waals surface area contributed by atoms with Crippen LogP contribution in [-0.2, 0) is 10.8 Å². The van der Waals surface area contributed by atoms with Crippen LogP contribution < -0.4 is 31.1 Å². The predicted molar refractivity (Wildman–Crippen MR) is 452 cm³/mol. The fourth-order valence-corrected chi connectivity index (χ4v) is 16.6. The average molecular weight is 1390 g/mol. The van der Waals surface area contributed by atoms with Gasteiger partial charge in [0, 0.05) is 89.3 Å². The van der Waals surface area contributed by atoms with Crippen molar-refractivity contribution < 1.29 is 11.0 Å². The van der Waals surface area contributed by atoms with Gasteiger partial charge in [-0.15, -0.1) is 0 Å². The largest absolute Gasteiger partial charge is 0.311 e. The number of hydrogen-bond donors (Lipinski definition) is 0. The van der Waals surface area contributed by atoms with Gasteiger partial charge in [0.05, 0.1) is 73.4 Å². The summed E-state index contributed by atoms with van der Waals surface area (Å²) in [6.45, 7) is 12.7. The van der Waals surface area contributed by atoms with Crippen LogP contribution in [0.3, 0.4) is 0 Å². The maximum absolute atomic E-state index is 11.9. The van der Waals surface area contributed by atoms with E-state index < -0.39 is 55.1 Å². The molecule has 8 heteroatoms. The van der Waals surface area contributed by atoms with Crippen LogP contribution >= 0.6 is 0 Å². The van der Waals surface area contributed by atoms with Crippen LogP contribution in [0.15, 0.2) is 340 Å². The van der Waals surface area contributed by atoms with E-state index in [2.05, 4.69) is 261 Å². The van der Waals surface area contributed by atoms with Crippen LogP contribution in [0.2, 0.25) is 0 Å². The van der Waals surface area contributed by atoms with E-state index in [0.717, 1.165) is 134 Å². The third-order valence-electron chi connectivity index (χ3n) is 21.7. The molecular formula is C100H74BN7. The van der Waals surface area contributed by atoms with Crippen molar-refractivity contribution in [1.29, 1.82) is 10.5 Å². The molecule has 512 valence electrons. The van der Waals surface area contributed by atoms with Gasteiger partial charge in [0.15, 0.2) is 0 Å². The highest BCUT2D eigenvalue weighted by Crippen LogP contribution is 2.53. The van der Waals surface area contributed by atoms with Crippen molar-refractivity contribution in [2.45, 2.75) is 52.4 Å². The van der Waals surface area contributed by atoms with Gasteiger partial charge in [0.25, 0.3) is 6.71 Å². The first-order valence-electron chi connectivity index (χ1n) is 40.5. The summed E-state index contributed by atoms with van der Waals surface area (Å²) < 4.78 is 79.5. The number of para-hydroxylation sites is 6. The monoisotopic (exact) mass is 1390 g/mol. The highest BCUT2D eigenvalue weighted by Gasteiger charge is 2.45. The van der Waals surface area contributed by atoms with E-state index in [1.165, 1.54) is 0 Å². The summed E-state index contributed by atoms with van der Waals surface area (Å²) in [7, 11) is 0. The van der Waals surface area contributed by atoms with Gasteiger partial charge in [0.1, 0.15) is 0 Å². The van der Waals surface area contributed by atoms with E-state index in [9.17, 15) is 18.7 Å². The van der Waals surface area contributed by atoms with Crippen molar-refractivity contribution in [2.24, 2.45) is 0 Å². The lowest BCUT2D eigenvalue weighted by atomic mass is 9.33. The molecule has 0 spiro atoms. The van der Waals surface area contributed by atoms with Crippen LogP contribution in [0, 0.1) is 22.7 Å². The molecule has 0 saturated carbocycles. The van der Waals surface area contributed by atoms with Crippen molar-refractivity contribution in [3.8, 4) is 68.0 Å². The molecule has 0 fully saturated rings. The number of fused-ring (bicyclic) bond motifs is 10. The topological polar surface area (TPSA) is 67.2 Å². The summed E-state index contributed by atoms with van der Waals surface area (Å²) in [6.07, 6.45) is 0. The van der Waals surface area contributed by atoms with E-state index in [1.54, 1.807) is 4.57 Å². The van der Waals surface area contributed by atoms with Gasteiger partial charge in [-0.3, -0.25) is 0 Å². The fourth-order valence-electron chi connectivity index (χ4n) is 16.6. The molecule has 0 saturated heterocycles. The number of hydrogen-bond acceptors (Lipinski definition) is 5. The van der Waals surface area contributed by atoms with Gasteiger partial charge >= 0.3 is 0 Å². The number of nitrogens with zero attached hydrogens (tertiary/aromatic N) is 7. The first kappa shape index (κ1) is 56.8. The first-order valence-corrected chi connectivity index (χ1v) is 36.5. The molecule has 108 heavy (non-hydrogen) atoms. The maximum atomic E-state index is 11.9. The fraction of sp³-hybridized carbons (Fsp3) is 0.0800. The van der Waals surface area contributed by atoms with Crippen LogP contribution in [0.25, 0.3) is 99.5 Å². The summed E-state index contributed by atoms with van der Waals surface area (Å²) in [5.41, 5.74) is 22.5. The van der Waals surface area contributed by atoms with Crippen molar-refractivity contribution in [3.05, 3.63) is 362 Å². The van der Waals surface area contributed by atoms with Gasteiger partial charge in [-0.25, -0.2) is 0 Å². The Bertz CT molecular complexity index is 6910. The molecule has 2 aliphatic heterocycles. The molecule has 19 rings (SSSR count). The summed E-state index contributed by atoms with van der Waals surface area (Å²) >= 11 is 0. The normalized spacial score (nSPS) is 13.5. The summed E-state index contributed by atoms with van der Waals surface area (Å²) in [4.78, 5) is 6.97. The number of benzene rings is 15. The van der Waals surface area contributed by atoms with E-state index >= 15 is 0 Å².